The second kappa shape index (κ2) is 7.31. The van der Waals surface area contributed by atoms with Crippen molar-refractivity contribution in [2.75, 3.05) is 25.0 Å². The van der Waals surface area contributed by atoms with Crippen molar-refractivity contribution < 1.29 is 14.3 Å². The van der Waals surface area contributed by atoms with Crippen LogP contribution in [0.15, 0.2) is 18.2 Å². The molecule has 1 aliphatic rings. The summed E-state index contributed by atoms with van der Waals surface area (Å²) in [6, 6.07) is 5.04. The maximum Gasteiger partial charge on any atom is 0.244 e. The van der Waals surface area contributed by atoms with E-state index in [1.54, 1.807) is 23.1 Å². The van der Waals surface area contributed by atoms with Gasteiger partial charge in [-0.15, -0.1) is 0 Å². The van der Waals surface area contributed by atoms with Gasteiger partial charge in [0.05, 0.1) is 18.8 Å². The number of anilines is 1. The summed E-state index contributed by atoms with van der Waals surface area (Å²) < 4.78 is 5.45. The van der Waals surface area contributed by atoms with E-state index in [-0.39, 0.29) is 18.4 Å². The van der Waals surface area contributed by atoms with Gasteiger partial charge < -0.3 is 15.0 Å². The number of halogens is 1. The number of hydrogen-bond acceptors (Lipinski definition) is 3. The third-order valence-electron chi connectivity index (χ3n) is 3.27. The molecule has 1 aliphatic heterocycles. The minimum Gasteiger partial charge on any atom is -0.492 e. The number of carbonyl (C=O) groups is 2. The molecule has 0 aliphatic carbocycles. The van der Waals surface area contributed by atoms with Gasteiger partial charge in [0.2, 0.25) is 11.8 Å². The molecule has 1 aromatic rings. The fraction of sp³-hybridized carbons (Fsp3) is 0.467. The van der Waals surface area contributed by atoms with Crippen molar-refractivity contribution in [2.45, 2.75) is 26.2 Å². The predicted octanol–water partition coefficient (Wildman–Crippen LogP) is 2.69. The van der Waals surface area contributed by atoms with Crippen LogP contribution in [-0.2, 0) is 9.59 Å². The van der Waals surface area contributed by atoms with Crippen LogP contribution in [0.4, 0.5) is 5.69 Å². The minimum absolute atomic E-state index is 0.0394. The van der Waals surface area contributed by atoms with Crippen LogP contribution in [0.2, 0.25) is 5.02 Å². The Balaban J connectivity index is 2.00. The van der Waals surface area contributed by atoms with Crippen LogP contribution < -0.4 is 10.1 Å². The van der Waals surface area contributed by atoms with E-state index in [0.29, 0.717) is 36.0 Å². The number of hydrogen-bond donors (Lipinski definition) is 1. The fourth-order valence-electron chi connectivity index (χ4n) is 2.27. The molecule has 0 atom stereocenters. The quantitative estimate of drug-likeness (QED) is 0.909. The zero-order valence-electron chi connectivity index (χ0n) is 12.0. The van der Waals surface area contributed by atoms with Crippen LogP contribution in [0, 0.1) is 0 Å². The van der Waals surface area contributed by atoms with Crippen molar-refractivity contribution in [1.29, 1.82) is 0 Å². The summed E-state index contributed by atoms with van der Waals surface area (Å²) in [6.07, 6.45) is 2.38. The third kappa shape index (κ3) is 4.36. The Kier molecular flexibility index (Phi) is 5.44. The Morgan fingerprint density at radius 1 is 1.43 bits per heavy atom. The molecule has 6 heteroatoms. The van der Waals surface area contributed by atoms with E-state index in [0.717, 1.165) is 12.8 Å². The highest BCUT2D eigenvalue weighted by Crippen LogP contribution is 2.28. The summed E-state index contributed by atoms with van der Waals surface area (Å²) >= 11 is 5.92. The molecule has 2 amide bonds. The van der Waals surface area contributed by atoms with E-state index in [4.69, 9.17) is 16.3 Å². The van der Waals surface area contributed by atoms with Crippen LogP contribution in [0.3, 0.4) is 0 Å². The minimum atomic E-state index is -0.228. The number of ether oxygens (including phenoxy) is 1. The summed E-state index contributed by atoms with van der Waals surface area (Å²) in [4.78, 5) is 25.4. The molecule has 0 saturated carbocycles. The molecule has 21 heavy (non-hydrogen) atoms. The second-order valence-electron chi connectivity index (χ2n) is 4.89. The van der Waals surface area contributed by atoms with Gasteiger partial charge in [-0.1, -0.05) is 11.6 Å². The molecule has 2 rings (SSSR count). The first-order valence-electron chi connectivity index (χ1n) is 7.10. The highest BCUT2D eigenvalue weighted by Gasteiger charge is 2.20. The van der Waals surface area contributed by atoms with Gasteiger partial charge in [-0.25, -0.2) is 0 Å². The van der Waals surface area contributed by atoms with Crippen molar-refractivity contribution >= 4 is 29.1 Å². The predicted molar refractivity (Wildman–Crippen MR) is 81.7 cm³/mol. The molecule has 0 spiro atoms. The van der Waals surface area contributed by atoms with E-state index in [9.17, 15) is 9.59 Å². The lowest BCUT2D eigenvalue weighted by molar-refractivity contribution is -0.136. The first-order chi connectivity index (χ1) is 10.1. The highest BCUT2D eigenvalue weighted by atomic mass is 35.5. The molecule has 0 radical (unpaired) electrons. The molecule has 1 saturated heterocycles. The molecule has 114 valence electrons. The molecule has 0 bridgehead atoms. The average Bonchev–Trinajstić information content (AvgIpc) is 2.45. The maximum absolute atomic E-state index is 12.1. The lowest BCUT2D eigenvalue weighted by Gasteiger charge is -2.26. The zero-order chi connectivity index (χ0) is 15.2. The van der Waals surface area contributed by atoms with Crippen molar-refractivity contribution in [3.63, 3.8) is 0 Å². The van der Waals surface area contributed by atoms with E-state index >= 15 is 0 Å². The number of nitrogens with zero attached hydrogens (tertiary/aromatic N) is 1. The van der Waals surface area contributed by atoms with Gasteiger partial charge in [0.15, 0.2) is 0 Å². The Labute approximate surface area is 129 Å². The van der Waals surface area contributed by atoms with Crippen molar-refractivity contribution in [2.24, 2.45) is 0 Å². The first-order valence-corrected chi connectivity index (χ1v) is 7.48. The van der Waals surface area contributed by atoms with Crippen molar-refractivity contribution in [3.8, 4) is 5.75 Å². The van der Waals surface area contributed by atoms with Crippen molar-refractivity contribution in [1.82, 2.24) is 4.90 Å². The summed E-state index contributed by atoms with van der Waals surface area (Å²) in [5.74, 6) is 0.342. The lowest BCUT2D eigenvalue weighted by Crippen LogP contribution is -2.40. The van der Waals surface area contributed by atoms with Gasteiger partial charge in [-0.2, -0.15) is 0 Å². The normalized spacial score (nSPS) is 15.0. The molecular formula is C15H19ClN2O3. The standard InChI is InChI=1S/C15H19ClN2O3/c1-2-21-13-9-11(16)6-7-12(13)17-14(19)10-18-8-4-3-5-15(18)20/h6-7,9H,2-5,8,10H2,1H3,(H,17,19). The number of carbonyl (C=O) groups excluding carboxylic acids is 2. The smallest absolute Gasteiger partial charge is 0.244 e. The number of likely N-dealkylation sites (tertiary alicyclic amines) is 1. The summed E-state index contributed by atoms with van der Waals surface area (Å²) in [6.45, 7) is 3.06. The van der Waals surface area contributed by atoms with Gasteiger partial charge in [0.1, 0.15) is 5.75 Å². The van der Waals surface area contributed by atoms with Crippen LogP contribution in [0.5, 0.6) is 5.75 Å². The van der Waals surface area contributed by atoms with E-state index in [1.165, 1.54) is 0 Å². The molecule has 1 heterocycles. The molecule has 5 nitrogen and oxygen atoms in total. The van der Waals surface area contributed by atoms with Gasteiger partial charge in [0.25, 0.3) is 0 Å². The summed E-state index contributed by atoms with van der Waals surface area (Å²) in [5.41, 5.74) is 0.565. The highest BCUT2D eigenvalue weighted by molar-refractivity contribution is 6.30. The Hall–Kier alpha value is -1.75. The maximum atomic E-state index is 12.1. The average molecular weight is 311 g/mol. The van der Waals surface area contributed by atoms with Gasteiger partial charge >= 0.3 is 0 Å². The molecule has 1 aromatic carbocycles. The first kappa shape index (κ1) is 15.6. The molecular weight excluding hydrogens is 292 g/mol. The number of amides is 2. The van der Waals surface area contributed by atoms with Crippen molar-refractivity contribution in [3.05, 3.63) is 23.2 Å². The molecule has 0 aromatic heterocycles. The Morgan fingerprint density at radius 3 is 2.95 bits per heavy atom. The Bertz CT molecular complexity index is 534. The van der Waals surface area contributed by atoms with Crippen LogP contribution >= 0.6 is 11.6 Å². The van der Waals surface area contributed by atoms with Gasteiger partial charge in [0, 0.05) is 24.1 Å². The number of piperidine rings is 1. The summed E-state index contributed by atoms with van der Waals surface area (Å²) in [5, 5.41) is 3.32. The van der Waals surface area contributed by atoms with Crippen LogP contribution in [0.25, 0.3) is 0 Å². The van der Waals surface area contributed by atoms with Crippen LogP contribution in [0.1, 0.15) is 26.2 Å². The number of nitrogens with one attached hydrogen (secondary N) is 1. The number of rotatable bonds is 5. The monoisotopic (exact) mass is 310 g/mol. The van der Waals surface area contributed by atoms with Gasteiger partial charge in [-0.3, -0.25) is 9.59 Å². The fourth-order valence-corrected chi connectivity index (χ4v) is 2.43. The van der Waals surface area contributed by atoms with E-state index < -0.39 is 0 Å². The molecule has 0 unspecified atom stereocenters. The number of benzene rings is 1. The largest absolute Gasteiger partial charge is 0.492 e. The summed E-state index contributed by atoms with van der Waals surface area (Å²) in [7, 11) is 0. The van der Waals surface area contributed by atoms with E-state index in [2.05, 4.69) is 5.32 Å². The second-order valence-corrected chi connectivity index (χ2v) is 5.33. The molecule has 1 fully saturated rings. The van der Waals surface area contributed by atoms with Gasteiger partial charge in [-0.05, 0) is 31.9 Å². The van der Waals surface area contributed by atoms with Crippen LogP contribution in [-0.4, -0.2) is 36.4 Å². The lowest BCUT2D eigenvalue weighted by atomic mass is 10.1. The zero-order valence-corrected chi connectivity index (χ0v) is 12.8. The SMILES string of the molecule is CCOc1cc(Cl)ccc1NC(=O)CN1CCCCC1=O. The third-order valence-corrected chi connectivity index (χ3v) is 3.51. The molecule has 1 N–H and O–H groups in total. The Morgan fingerprint density at radius 2 is 2.24 bits per heavy atom. The van der Waals surface area contributed by atoms with E-state index in [1.807, 2.05) is 6.92 Å². The topological polar surface area (TPSA) is 58.6 Å².